The Morgan fingerprint density at radius 3 is 2.76 bits per heavy atom. The Bertz CT molecular complexity index is 976. The number of hydrogen-bond acceptors (Lipinski definition) is 6. The van der Waals surface area contributed by atoms with Gasteiger partial charge in [-0.2, -0.15) is 0 Å². The normalized spacial score (nSPS) is 20.4. The summed E-state index contributed by atoms with van der Waals surface area (Å²) in [5.41, 5.74) is 3.25. The van der Waals surface area contributed by atoms with Gasteiger partial charge in [-0.1, -0.05) is 24.3 Å². The smallest absolute Gasteiger partial charge is 0.257 e. The topological polar surface area (TPSA) is 74.3 Å². The molecule has 0 saturated carbocycles. The first kappa shape index (κ1) is 22.2. The van der Waals surface area contributed by atoms with E-state index in [2.05, 4.69) is 34.5 Å². The number of carbonyl (C=O) groups excluding carboxylic acids is 1. The Balaban J connectivity index is 1.19. The molecule has 0 spiro atoms. The summed E-state index contributed by atoms with van der Waals surface area (Å²) >= 11 is 0. The Labute approximate surface area is 195 Å². The minimum atomic E-state index is -0.608. The van der Waals surface area contributed by atoms with Gasteiger partial charge < -0.3 is 24.8 Å². The van der Waals surface area contributed by atoms with Crippen molar-refractivity contribution in [3.63, 3.8) is 0 Å². The lowest BCUT2D eigenvalue weighted by atomic mass is 10.00. The van der Waals surface area contributed by atoms with Gasteiger partial charge in [-0.05, 0) is 55.6 Å². The number of nitrogens with one attached hydrogen (secondary N) is 1. The Kier molecular flexibility index (Phi) is 6.80. The van der Waals surface area contributed by atoms with Crippen molar-refractivity contribution in [2.45, 2.75) is 38.0 Å². The number of ether oxygens (including phenoxy) is 2. The maximum Gasteiger partial charge on any atom is 0.257 e. The maximum absolute atomic E-state index is 13.2. The second-order valence-electron chi connectivity index (χ2n) is 9.23. The average Bonchev–Trinajstić information content (AvgIpc) is 2.98. The second-order valence-corrected chi connectivity index (χ2v) is 9.23. The first-order valence-electron chi connectivity index (χ1n) is 12.1. The largest absolute Gasteiger partial charge is 0.491 e. The van der Waals surface area contributed by atoms with E-state index in [1.54, 1.807) is 11.0 Å². The summed E-state index contributed by atoms with van der Waals surface area (Å²) in [4.78, 5) is 17.2. The molecule has 2 aromatic rings. The summed E-state index contributed by atoms with van der Waals surface area (Å²) in [6.07, 6.45) is 2.53. The van der Waals surface area contributed by atoms with Crippen LogP contribution in [-0.2, 0) is 13.0 Å². The van der Waals surface area contributed by atoms with E-state index in [1.807, 2.05) is 12.1 Å². The van der Waals surface area contributed by atoms with Gasteiger partial charge >= 0.3 is 0 Å². The molecule has 0 aliphatic carbocycles. The number of fused-ring (bicyclic) bond motifs is 2. The molecule has 3 heterocycles. The minimum Gasteiger partial charge on any atom is -0.491 e. The zero-order valence-electron chi connectivity index (χ0n) is 19.0. The molecule has 1 amide bonds. The molecule has 1 unspecified atom stereocenters. The molecule has 2 aromatic carbocycles. The quantitative estimate of drug-likeness (QED) is 0.701. The van der Waals surface area contributed by atoms with Gasteiger partial charge in [-0.25, -0.2) is 0 Å². The third-order valence-corrected chi connectivity index (χ3v) is 6.79. The van der Waals surface area contributed by atoms with Gasteiger partial charge in [0, 0.05) is 32.2 Å². The van der Waals surface area contributed by atoms with Gasteiger partial charge in [0.2, 0.25) is 0 Å². The predicted octanol–water partition coefficient (Wildman–Crippen LogP) is 2.07. The van der Waals surface area contributed by atoms with Crippen LogP contribution in [0.15, 0.2) is 42.5 Å². The summed E-state index contributed by atoms with van der Waals surface area (Å²) in [6.45, 7) is 5.40. The fourth-order valence-corrected chi connectivity index (χ4v) is 5.01. The number of rotatable bonds is 6. The highest BCUT2D eigenvalue weighted by Gasteiger charge is 2.27. The van der Waals surface area contributed by atoms with Crippen molar-refractivity contribution in [2.24, 2.45) is 0 Å². The lowest BCUT2D eigenvalue weighted by molar-refractivity contribution is 0.0501. The zero-order valence-corrected chi connectivity index (χ0v) is 19.0. The molecule has 7 nitrogen and oxygen atoms in total. The van der Waals surface area contributed by atoms with Crippen LogP contribution >= 0.6 is 0 Å². The van der Waals surface area contributed by atoms with Crippen LogP contribution < -0.4 is 14.8 Å². The van der Waals surface area contributed by atoms with Crippen LogP contribution in [-0.4, -0.2) is 78.9 Å². The standard InChI is InChI=1S/C26H33N3O4/c30-21(17-28-12-9-19-3-1-2-4-20(19)16-28)18-29-13-14-32-25-15-23(5-6-24(25)26(29)31)33-22-7-10-27-11-8-22/h1-6,15,21-22,27,30H,7-14,16-18H2. The van der Waals surface area contributed by atoms with E-state index >= 15 is 0 Å². The van der Waals surface area contributed by atoms with Gasteiger partial charge in [0.1, 0.15) is 24.2 Å². The first-order valence-corrected chi connectivity index (χ1v) is 12.1. The van der Waals surface area contributed by atoms with Crippen molar-refractivity contribution in [1.82, 2.24) is 15.1 Å². The summed E-state index contributed by atoms with van der Waals surface area (Å²) < 4.78 is 12.0. The number of carbonyl (C=O) groups is 1. The van der Waals surface area contributed by atoms with Crippen LogP contribution in [0.2, 0.25) is 0 Å². The predicted molar refractivity (Wildman–Crippen MR) is 126 cm³/mol. The van der Waals surface area contributed by atoms with Crippen molar-refractivity contribution in [2.75, 3.05) is 45.9 Å². The molecular weight excluding hydrogens is 418 g/mol. The van der Waals surface area contributed by atoms with Crippen LogP contribution in [0.25, 0.3) is 0 Å². The SMILES string of the molecule is O=C1c2ccc(OC3CCNCC3)cc2OCCN1CC(O)CN1CCc2ccccc2C1. The second kappa shape index (κ2) is 10.1. The van der Waals surface area contributed by atoms with E-state index in [0.717, 1.165) is 51.2 Å². The summed E-state index contributed by atoms with van der Waals surface area (Å²) in [5.74, 6) is 1.21. The van der Waals surface area contributed by atoms with Crippen LogP contribution in [0, 0.1) is 0 Å². The number of aliphatic hydroxyl groups is 1. The molecule has 3 aliphatic rings. The number of hydrogen-bond donors (Lipinski definition) is 2. The fraction of sp³-hybridized carbons (Fsp3) is 0.500. The monoisotopic (exact) mass is 451 g/mol. The molecule has 1 saturated heterocycles. The van der Waals surface area contributed by atoms with Gasteiger partial charge in [-0.15, -0.1) is 0 Å². The first-order chi connectivity index (χ1) is 16.2. The van der Waals surface area contributed by atoms with Crippen molar-refractivity contribution in [3.8, 4) is 11.5 Å². The van der Waals surface area contributed by atoms with Crippen molar-refractivity contribution >= 4 is 5.91 Å². The minimum absolute atomic E-state index is 0.0982. The van der Waals surface area contributed by atoms with Crippen molar-refractivity contribution in [3.05, 3.63) is 59.2 Å². The van der Waals surface area contributed by atoms with E-state index < -0.39 is 6.10 Å². The molecule has 176 valence electrons. The molecule has 0 radical (unpaired) electrons. The number of piperidine rings is 1. The molecule has 0 bridgehead atoms. The molecule has 1 atom stereocenters. The van der Waals surface area contributed by atoms with Gasteiger partial charge in [0.05, 0.1) is 18.2 Å². The summed E-state index contributed by atoms with van der Waals surface area (Å²) in [7, 11) is 0. The number of benzene rings is 2. The van der Waals surface area contributed by atoms with E-state index in [0.29, 0.717) is 37.6 Å². The van der Waals surface area contributed by atoms with E-state index in [4.69, 9.17) is 9.47 Å². The molecule has 0 aromatic heterocycles. The molecule has 1 fully saturated rings. The lowest BCUT2D eigenvalue weighted by Gasteiger charge is -2.32. The third-order valence-electron chi connectivity index (χ3n) is 6.79. The van der Waals surface area contributed by atoms with Crippen LogP contribution in [0.3, 0.4) is 0 Å². The highest BCUT2D eigenvalue weighted by molar-refractivity contribution is 5.97. The zero-order chi connectivity index (χ0) is 22.6. The maximum atomic E-state index is 13.2. The Morgan fingerprint density at radius 2 is 1.91 bits per heavy atom. The molecular formula is C26H33N3O4. The highest BCUT2D eigenvalue weighted by atomic mass is 16.5. The van der Waals surface area contributed by atoms with Crippen LogP contribution in [0.5, 0.6) is 11.5 Å². The number of β-amino-alcohol motifs (C(OH)–C–C–N with tert-alkyl or cyclic N) is 1. The Morgan fingerprint density at radius 1 is 1.09 bits per heavy atom. The van der Waals surface area contributed by atoms with Crippen LogP contribution in [0.1, 0.15) is 34.3 Å². The van der Waals surface area contributed by atoms with Crippen molar-refractivity contribution in [1.29, 1.82) is 0 Å². The van der Waals surface area contributed by atoms with Gasteiger partial charge in [-0.3, -0.25) is 9.69 Å². The average molecular weight is 452 g/mol. The Hall–Kier alpha value is -2.61. The summed E-state index contributed by atoms with van der Waals surface area (Å²) in [5, 5.41) is 14.1. The number of aliphatic hydroxyl groups excluding tert-OH is 1. The van der Waals surface area contributed by atoms with Gasteiger partial charge in [0.25, 0.3) is 5.91 Å². The van der Waals surface area contributed by atoms with E-state index in [9.17, 15) is 9.90 Å². The molecule has 33 heavy (non-hydrogen) atoms. The fourth-order valence-electron chi connectivity index (χ4n) is 5.01. The van der Waals surface area contributed by atoms with Crippen molar-refractivity contribution < 1.29 is 19.4 Å². The molecule has 3 aliphatic heterocycles. The lowest BCUT2D eigenvalue weighted by Crippen LogP contribution is -2.44. The molecule has 7 heteroatoms. The number of nitrogens with zero attached hydrogens (tertiary/aromatic N) is 2. The van der Waals surface area contributed by atoms with E-state index in [-0.39, 0.29) is 12.0 Å². The van der Waals surface area contributed by atoms with Crippen LogP contribution in [0.4, 0.5) is 0 Å². The third kappa shape index (κ3) is 5.32. The molecule has 2 N–H and O–H groups in total. The highest BCUT2D eigenvalue weighted by Crippen LogP contribution is 2.29. The number of amides is 1. The molecule has 5 rings (SSSR count). The van der Waals surface area contributed by atoms with E-state index in [1.165, 1.54) is 11.1 Å². The van der Waals surface area contributed by atoms with Gasteiger partial charge in [0.15, 0.2) is 0 Å². The summed E-state index contributed by atoms with van der Waals surface area (Å²) in [6, 6.07) is 14.0.